The van der Waals surface area contributed by atoms with Gasteiger partial charge in [-0.1, -0.05) is 19.3 Å². The Morgan fingerprint density at radius 1 is 1.42 bits per heavy atom. The average molecular weight is 259 g/mol. The monoisotopic (exact) mass is 259 g/mol. The van der Waals surface area contributed by atoms with E-state index in [9.17, 15) is 9.90 Å². The van der Waals surface area contributed by atoms with Gasteiger partial charge in [0.2, 0.25) is 0 Å². The number of nitrogens with zero attached hydrogens (tertiary/aromatic N) is 2. The number of hydrogen-bond acceptors (Lipinski definition) is 4. The molecular formula is C14H17N3O2. The molecule has 1 saturated carbocycles. The molecule has 1 aliphatic rings. The van der Waals surface area contributed by atoms with E-state index in [1.54, 1.807) is 6.07 Å². The molecule has 1 aromatic heterocycles. The molecule has 100 valence electrons. The highest BCUT2D eigenvalue weighted by atomic mass is 16.3. The highest BCUT2D eigenvalue weighted by Crippen LogP contribution is 2.27. The zero-order chi connectivity index (χ0) is 13.7. The van der Waals surface area contributed by atoms with Crippen molar-refractivity contribution < 1.29 is 9.90 Å². The summed E-state index contributed by atoms with van der Waals surface area (Å²) in [7, 11) is 0. The Balaban J connectivity index is 1.91. The van der Waals surface area contributed by atoms with Crippen molar-refractivity contribution in [2.24, 2.45) is 0 Å². The summed E-state index contributed by atoms with van der Waals surface area (Å²) in [5.41, 5.74) is -0.0959. The van der Waals surface area contributed by atoms with Gasteiger partial charge in [0.25, 0.3) is 5.91 Å². The molecule has 2 rings (SSSR count). The maximum absolute atomic E-state index is 11.9. The Hall–Kier alpha value is -1.93. The van der Waals surface area contributed by atoms with Crippen LogP contribution >= 0.6 is 0 Å². The van der Waals surface area contributed by atoms with Gasteiger partial charge in [0.15, 0.2) is 0 Å². The van der Waals surface area contributed by atoms with E-state index in [0.29, 0.717) is 5.56 Å². The summed E-state index contributed by atoms with van der Waals surface area (Å²) in [4.78, 5) is 15.8. The van der Waals surface area contributed by atoms with Gasteiger partial charge in [0, 0.05) is 12.7 Å². The Kier molecular flexibility index (Phi) is 4.13. The van der Waals surface area contributed by atoms with E-state index in [2.05, 4.69) is 10.3 Å². The number of carbonyl (C=O) groups is 1. The fraction of sp³-hybridized carbons (Fsp3) is 0.500. The lowest BCUT2D eigenvalue weighted by atomic mass is 9.85. The van der Waals surface area contributed by atoms with Crippen molar-refractivity contribution in [1.82, 2.24) is 10.3 Å². The van der Waals surface area contributed by atoms with E-state index in [1.807, 2.05) is 6.07 Å². The molecular weight excluding hydrogens is 242 g/mol. The van der Waals surface area contributed by atoms with Gasteiger partial charge < -0.3 is 10.4 Å². The molecule has 0 saturated heterocycles. The van der Waals surface area contributed by atoms with Crippen LogP contribution in [0.3, 0.4) is 0 Å². The third-order valence-corrected chi connectivity index (χ3v) is 3.49. The molecule has 1 aliphatic carbocycles. The van der Waals surface area contributed by atoms with E-state index in [4.69, 9.17) is 5.26 Å². The third-order valence-electron chi connectivity index (χ3n) is 3.49. The van der Waals surface area contributed by atoms with Crippen LogP contribution in [0.4, 0.5) is 0 Å². The topological polar surface area (TPSA) is 86.0 Å². The summed E-state index contributed by atoms with van der Waals surface area (Å²) in [5.74, 6) is -0.316. The van der Waals surface area contributed by atoms with E-state index >= 15 is 0 Å². The summed E-state index contributed by atoms with van der Waals surface area (Å²) in [6.07, 6.45) is 5.98. The zero-order valence-corrected chi connectivity index (χ0v) is 10.7. The van der Waals surface area contributed by atoms with Crippen LogP contribution < -0.4 is 5.32 Å². The minimum Gasteiger partial charge on any atom is -0.388 e. The van der Waals surface area contributed by atoms with Crippen LogP contribution in [-0.2, 0) is 0 Å². The quantitative estimate of drug-likeness (QED) is 0.858. The maximum Gasteiger partial charge on any atom is 0.269 e. The second kappa shape index (κ2) is 5.81. The molecule has 0 radical (unpaired) electrons. The first-order valence-electron chi connectivity index (χ1n) is 6.50. The molecule has 1 aromatic rings. The second-order valence-corrected chi connectivity index (χ2v) is 5.01. The Bertz CT molecular complexity index is 484. The van der Waals surface area contributed by atoms with Gasteiger partial charge in [-0.3, -0.25) is 4.79 Å². The molecule has 1 fully saturated rings. The molecule has 0 bridgehead atoms. The average Bonchev–Trinajstić information content (AvgIpc) is 2.46. The molecule has 0 spiro atoms. The van der Waals surface area contributed by atoms with Crippen molar-refractivity contribution in [3.8, 4) is 6.07 Å². The number of rotatable bonds is 3. The highest BCUT2D eigenvalue weighted by molar-refractivity contribution is 5.92. The van der Waals surface area contributed by atoms with E-state index in [0.717, 1.165) is 32.1 Å². The number of carbonyl (C=O) groups excluding carboxylic acids is 1. The van der Waals surface area contributed by atoms with Crippen molar-refractivity contribution >= 4 is 5.91 Å². The number of hydrogen-bond donors (Lipinski definition) is 2. The lowest BCUT2D eigenvalue weighted by molar-refractivity contribution is 0.00521. The van der Waals surface area contributed by atoms with Gasteiger partial charge in [0.05, 0.1) is 11.2 Å². The molecule has 19 heavy (non-hydrogen) atoms. The first-order valence-corrected chi connectivity index (χ1v) is 6.50. The molecule has 0 aromatic carbocycles. The minimum atomic E-state index is -0.777. The van der Waals surface area contributed by atoms with Crippen molar-refractivity contribution in [1.29, 1.82) is 5.26 Å². The number of nitrogens with one attached hydrogen (secondary N) is 1. The smallest absolute Gasteiger partial charge is 0.269 e. The van der Waals surface area contributed by atoms with Gasteiger partial charge in [-0.25, -0.2) is 4.98 Å². The van der Waals surface area contributed by atoms with Crippen molar-refractivity contribution in [3.05, 3.63) is 29.6 Å². The number of pyridine rings is 1. The Morgan fingerprint density at radius 2 is 2.16 bits per heavy atom. The Morgan fingerprint density at radius 3 is 2.74 bits per heavy atom. The van der Waals surface area contributed by atoms with Crippen molar-refractivity contribution in [3.63, 3.8) is 0 Å². The highest BCUT2D eigenvalue weighted by Gasteiger charge is 2.29. The van der Waals surface area contributed by atoms with Crippen LogP contribution in [0.15, 0.2) is 18.3 Å². The van der Waals surface area contributed by atoms with Crippen molar-refractivity contribution in [2.75, 3.05) is 6.54 Å². The minimum absolute atomic E-state index is 0.257. The molecule has 5 nitrogen and oxygen atoms in total. The second-order valence-electron chi connectivity index (χ2n) is 5.01. The van der Waals surface area contributed by atoms with Crippen LogP contribution in [0.2, 0.25) is 0 Å². The summed E-state index contributed by atoms with van der Waals surface area (Å²) < 4.78 is 0. The van der Waals surface area contributed by atoms with Gasteiger partial charge in [-0.2, -0.15) is 5.26 Å². The lowest BCUT2D eigenvalue weighted by Crippen LogP contribution is -2.44. The zero-order valence-electron chi connectivity index (χ0n) is 10.7. The van der Waals surface area contributed by atoms with E-state index < -0.39 is 5.60 Å². The first-order chi connectivity index (χ1) is 9.13. The van der Waals surface area contributed by atoms with Gasteiger partial charge >= 0.3 is 0 Å². The summed E-state index contributed by atoms with van der Waals surface area (Å²) >= 11 is 0. The SMILES string of the molecule is N#Cc1ccc(C(=O)NCC2(O)CCCCC2)nc1. The molecule has 2 N–H and O–H groups in total. The summed E-state index contributed by atoms with van der Waals surface area (Å²) in [5, 5.41) is 21.6. The fourth-order valence-electron chi connectivity index (χ4n) is 2.32. The molecule has 0 aliphatic heterocycles. The molecule has 0 atom stereocenters. The Labute approximate surface area is 112 Å². The normalized spacial score (nSPS) is 17.5. The largest absolute Gasteiger partial charge is 0.388 e. The standard InChI is InChI=1S/C14H17N3O2/c15-8-11-4-5-12(16-9-11)13(18)17-10-14(19)6-2-1-3-7-14/h4-5,9,19H,1-3,6-7,10H2,(H,17,18). The molecule has 5 heteroatoms. The van der Waals surface area contributed by atoms with Crippen LogP contribution in [0.5, 0.6) is 0 Å². The lowest BCUT2D eigenvalue weighted by Gasteiger charge is -2.32. The van der Waals surface area contributed by atoms with Gasteiger partial charge in [0.1, 0.15) is 11.8 Å². The van der Waals surface area contributed by atoms with Crippen LogP contribution in [-0.4, -0.2) is 28.1 Å². The van der Waals surface area contributed by atoms with E-state index in [-0.39, 0.29) is 18.1 Å². The molecule has 0 unspecified atom stereocenters. The van der Waals surface area contributed by atoms with Gasteiger partial charge in [-0.15, -0.1) is 0 Å². The summed E-state index contributed by atoms with van der Waals surface area (Å²) in [6, 6.07) is 5.01. The van der Waals surface area contributed by atoms with Crippen molar-refractivity contribution in [2.45, 2.75) is 37.7 Å². The van der Waals surface area contributed by atoms with Crippen LogP contribution in [0, 0.1) is 11.3 Å². The summed E-state index contributed by atoms with van der Waals surface area (Å²) in [6.45, 7) is 0.257. The van der Waals surface area contributed by atoms with Crippen LogP contribution in [0.1, 0.15) is 48.2 Å². The number of aliphatic hydroxyl groups is 1. The third kappa shape index (κ3) is 3.52. The number of nitriles is 1. The first kappa shape index (κ1) is 13.5. The fourth-order valence-corrected chi connectivity index (χ4v) is 2.32. The maximum atomic E-state index is 11.9. The number of amides is 1. The molecule has 1 amide bonds. The van der Waals surface area contributed by atoms with E-state index in [1.165, 1.54) is 12.3 Å². The number of aromatic nitrogens is 1. The molecule has 1 heterocycles. The van der Waals surface area contributed by atoms with Gasteiger partial charge in [-0.05, 0) is 25.0 Å². The van der Waals surface area contributed by atoms with Crippen LogP contribution in [0.25, 0.3) is 0 Å². The predicted octanol–water partition coefficient (Wildman–Crippen LogP) is 1.38. The predicted molar refractivity (Wildman–Crippen MR) is 69.3 cm³/mol.